The van der Waals surface area contributed by atoms with Crippen LogP contribution in [0.1, 0.15) is 50.9 Å². The van der Waals surface area contributed by atoms with Gasteiger partial charge < -0.3 is 10.1 Å². The molecule has 1 saturated carbocycles. The van der Waals surface area contributed by atoms with Crippen molar-refractivity contribution in [3.05, 3.63) is 51.8 Å². The Hall–Kier alpha value is -2.93. The molecule has 2 heterocycles. The zero-order valence-electron chi connectivity index (χ0n) is 15.7. The number of nitrogens with zero attached hydrogens (tertiary/aromatic N) is 3. The van der Waals surface area contributed by atoms with Crippen molar-refractivity contribution in [3.63, 3.8) is 0 Å². The molecule has 1 fully saturated rings. The Labute approximate surface area is 166 Å². The van der Waals surface area contributed by atoms with Crippen LogP contribution < -0.4 is 5.32 Å². The van der Waals surface area contributed by atoms with Gasteiger partial charge in [0.25, 0.3) is 5.91 Å². The maximum Gasteiger partial charge on any atom is 0.337 e. The fourth-order valence-electron chi connectivity index (χ4n) is 3.29. The molecule has 0 bridgehead atoms. The summed E-state index contributed by atoms with van der Waals surface area (Å²) < 4.78 is 6.42. The van der Waals surface area contributed by atoms with Crippen LogP contribution >= 0.6 is 11.6 Å². The molecule has 0 spiro atoms. The van der Waals surface area contributed by atoms with E-state index in [0.717, 1.165) is 24.2 Å². The van der Waals surface area contributed by atoms with Gasteiger partial charge in [-0.1, -0.05) is 11.6 Å². The molecule has 1 amide bonds. The van der Waals surface area contributed by atoms with Crippen LogP contribution in [0.2, 0.25) is 5.02 Å². The third-order valence-electron chi connectivity index (χ3n) is 4.86. The van der Waals surface area contributed by atoms with Crippen LogP contribution in [0.25, 0.3) is 11.0 Å². The van der Waals surface area contributed by atoms with Crippen molar-refractivity contribution >= 4 is 40.2 Å². The normalized spacial score (nSPS) is 13.6. The third-order valence-corrected chi connectivity index (χ3v) is 5.19. The number of carbonyl (C=O) groups is 2. The lowest BCUT2D eigenvalue weighted by Gasteiger charge is -2.11. The quantitative estimate of drug-likeness (QED) is 0.674. The predicted octanol–water partition coefficient (Wildman–Crippen LogP) is 3.85. The van der Waals surface area contributed by atoms with Gasteiger partial charge in [-0.25, -0.2) is 9.78 Å². The average molecular weight is 399 g/mol. The molecule has 4 rings (SSSR count). The van der Waals surface area contributed by atoms with Crippen molar-refractivity contribution in [2.24, 2.45) is 7.05 Å². The van der Waals surface area contributed by atoms with E-state index in [1.54, 1.807) is 16.8 Å². The number of halogens is 1. The van der Waals surface area contributed by atoms with Crippen LogP contribution in [0.4, 0.5) is 5.69 Å². The summed E-state index contributed by atoms with van der Waals surface area (Å²) in [4.78, 5) is 29.6. The number of fused-ring (bicyclic) bond motifs is 1. The topological polar surface area (TPSA) is 86.1 Å². The minimum Gasteiger partial charge on any atom is -0.465 e. The van der Waals surface area contributed by atoms with E-state index >= 15 is 0 Å². The fourth-order valence-corrected chi connectivity index (χ4v) is 3.45. The lowest BCUT2D eigenvalue weighted by atomic mass is 10.1. The van der Waals surface area contributed by atoms with Gasteiger partial charge in [0.15, 0.2) is 5.65 Å². The fraction of sp³-hybridized carbons (Fsp3) is 0.300. The van der Waals surface area contributed by atoms with Crippen molar-refractivity contribution in [1.29, 1.82) is 0 Å². The van der Waals surface area contributed by atoms with E-state index in [-0.39, 0.29) is 5.91 Å². The number of benzene rings is 1. The summed E-state index contributed by atoms with van der Waals surface area (Å²) in [6.07, 6.45) is 2.15. The van der Waals surface area contributed by atoms with E-state index in [2.05, 4.69) is 10.4 Å². The number of aryl methyl sites for hydroxylation is 2. The first kappa shape index (κ1) is 18.4. The SMILES string of the molecule is COC(=O)c1ccc(Cl)c(NC(=O)c2cc(C3CC3)nc3c2c(C)nn3C)c1. The van der Waals surface area contributed by atoms with Crippen molar-refractivity contribution in [2.45, 2.75) is 25.7 Å². The molecule has 2 aromatic heterocycles. The molecular weight excluding hydrogens is 380 g/mol. The predicted molar refractivity (Wildman–Crippen MR) is 106 cm³/mol. The lowest BCUT2D eigenvalue weighted by Crippen LogP contribution is -2.15. The molecule has 1 aliphatic rings. The summed E-state index contributed by atoms with van der Waals surface area (Å²) >= 11 is 6.23. The molecule has 0 radical (unpaired) electrons. The number of amides is 1. The summed E-state index contributed by atoms with van der Waals surface area (Å²) in [5.74, 6) is -0.440. The zero-order valence-corrected chi connectivity index (χ0v) is 16.5. The van der Waals surface area contributed by atoms with E-state index in [0.29, 0.717) is 38.8 Å². The van der Waals surface area contributed by atoms with Gasteiger partial charge in [0, 0.05) is 18.7 Å². The highest BCUT2D eigenvalue weighted by Gasteiger charge is 2.28. The van der Waals surface area contributed by atoms with Crippen molar-refractivity contribution in [2.75, 3.05) is 12.4 Å². The van der Waals surface area contributed by atoms with E-state index in [4.69, 9.17) is 21.3 Å². The highest BCUT2D eigenvalue weighted by Crippen LogP contribution is 2.40. The first-order valence-corrected chi connectivity index (χ1v) is 9.30. The largest absolute Gasteiger partial charge is 0.465 e. The van der Waals surface area contributed by atoms with Gasteiger partial charge in [-0.3, -0.25) is 9.48 Å². The minimum atomic E-state index is -0.502. The van der Waals surface area contributed by atoms with Crippen molar-refractivity contribution in [3.8, 4) is 0 Å². The average Bonchev–Trinajstić information content (AvgIpc) is 3.49. The van der Waals surface area contributed by atoms with E-state index in [9.17, 15) is 9.59 Å². The molecular formula is C20H19ClN4O3. The number of nitrogens with one attached hydrogen (secondary N) is 1. The Bertz CT molecular complexity index is 1120. The van der Waals surface area contributed by atoms with E-state index in [1.807, 2.05) is 20.0 Å². The minimum absolute atomic E-state index is 0.304. The molecule has 0 saturated heterocycles. The highest BCUT2D eigenvalue weighted by atomic mass is 35.5. The Morgan fingerprint density at radius 3 is 2.71 bits per heavy atom. The number of hydrogen-bond acceptors (Lipinski definition) is 5. The van der Waals surface area contributed by atoms with Crippen LogP contribution in [-0.2, 0) is 11.8 Å². The van der Waals surface area contributed by atoms with Gasteiger partial charge in [0.2, 0.25) is 0 Å². The van der Waals surface area contributed by atoms with Crippen LogP contribution in [0.15, 0.2) is 24.3 Å². The number of aromatic nitrogens is 3. The summed E-state index contributed by atoms with van der Waals surface area (Å²) in [7, 11) is 3.12. The van der Waals surface area contributed by atoms with Crippen LogP contribution in [-0.4, -0.2) is 33.8 Å². The number of hydrogen-bond donors (Lipinski definition) is 1. The van der Waals surface area contributed by atoms with Crippen LogP contribution in [0, 0.1) is 6.92 Å². The number of ether oxygens (including phenoxy) is 1. The van der Waals surface area contributed by atoms with Crippen molar-refractivity contribution < 1.29 is 14.3 Å². The van der Waals surface area contributed by atoms with Gasteiger partial charge in [-0.15, -0.1) is 0 Å². The number of methoxy groups -OCH3 is 1. The molecule has 3 aromatic rings. The second kappa shape index (κ2) is 6.91. The molecule has 28 heavy (non-hydrogen) atoms. The smallest absolute Gasteiger partial charge is 0.337 e. The summed E-state index contributed by atoms with van der Waals surface area (Å²) in [6, 6.07) is 6.44. The molecule has 1 aromatic carbocycles. The highest BCUT2D eigenvalue weighted by molar-refractivity contribution is 6.34. The maximum absolute atomic E-state index is 13.1. The summed E-state index contributed by atoms with van der Waals surface area (Å²) in [5.41, 5.74) is 3.45. The molecule has 0 aliphatic heterocycles. The molecule has 1 aliphatic carbocycles. The molecule has 0 atom stereocenters. The van der Waals surface area contributed by atoms with Gasteiger partial charge in [-0.05, 0) is 44.0 Å². The number of esters is 1. The molecule has 0 unspecified atom stereocenters. The number of rotatable bonds is 4. The summed E-state index contributed by atoms with van der Waals surface area (Å²) in [6.45, 7) is 1.85. The number of pyridine rings is 1. The first-order chi connectivity index (χ1) is 13.4. The Morgan fingerprint density at radius 2 is 2.04 bits per heavy atom. The van der Waals surface area contributed by atoms with Crippen molar-refractivity contribution in [1.82, 2.24) is 14.8 Å². The summed E-state index contributed by atoms with van der Waals surface area (Å²) in [5, 5.41) is 8.27. The first-order valence-electron chi connectivity index (χ1n) is 8.92. The molecule has 144 valence electrons. The maximum atomic E-state index is 13.1. The van der Waals surface area contributed by atoms with Crippen LogP contribution in [0.3, 0.4) is 0 Å². The standard InChI is InChI=1S/C20H19ClN4O3/c1-10-17-13(9-15(11-4-5-11)22-18(17)25(2)24-10)19(26)23-16-8-12(20(27)28-3)6-7-14(16)21/h6-9,11H,4-5H2,1-3H3,(H,23,26). The van der Waals surface area contributed by atoms with Gasteiger partial charge >= 0.3 is 5.97 Å². The van der Waals surface area contributed by atoms with Gasteiger partial charge in [-0.2, -0.15) is 5.10 Å². The zero-order chi connectivity index (χ0) is 20.0. The van der Waals surface area contributed by atoms with Gasteiger partial charge in [0.05, 0.1) is 40.0 Å². The lowest BCUT2D eigenvalue weighted by molar-refractivity contribution is 0.0600. The monoisotopic (exact) mass is 398 g/mol. The van der Waals surface area contributed by atoms with E-state index in [1.165, 1.54) is 13.2 Å². The number of anilines is 1. The molecule has 1 N–H and O–H groups in total. The number of carbonyl (C=O) groups excluding carboxylic acids is 2. The van der Waals surface area contributed by atoms with Crippen LogP contribution in [0.5, 0.6) is 0 Å². The van der Waals surface area contributed by atoms with E-state index < -0.39 is 5.97 Å². The molecule has 8 heteroatoms. The molecule has 7 nitrogen and oxygen atoms in total. The Kier molecular flexibility index (Phi) is 4.55. The third kappa shape index (κ3) is 3.22. The Morgan fingerprint density at radius 1 is 1.29 bits per heavy atom. The Balaban J connectivity index is 1.76. The van der Waals surface area contributed by atoms with Gasteiger partial charge in [0.1, 0.15) is 0 Å². The second-order valence-electron chi connectivity index (χ2n) is 6.92. The second-order valence-corrected chi connectivity index (χ2v) is 7.32.